The standard InChI is InChI=1S/C23H27F3N6O3S2/c1-32-16(8-17(31-32)35-22(25)26)29-23(36)28-11-4-5-15-13(6-11)18(20(34)27-9-10-2-3-10)21(37-15)30-19(33)12-7-14(12)24/h8,10-12,14,22H,2-7,9H2,1H3,(H,27,34)(H,30,33)(H2,28,29,36)/t11-,12+,14-/m0/s1. The first-order chi connectivity index (χ1) is 17.7. The third-order valence-electron chi connectivity index (χ3n) is 6.67. The molecule has 0 spiro atoms. The summed E-state index contributed by atoms with van der Waals surface area (Å²) in [6.07, 6.45) is 3.17. The van der Waals surface area contributed by atoms with E-state index in [2.05, 4.69) is 31.1 Å². The van der Waals surface area contributed by atoms with E-state index < -0.39 is 24.6 Å². The lowest BCUT2D eigenvalue weighted by atomic mass is 9.91. The molecular weight excluding hydrogens is 529 g/mol. The number of anilines is 2. The van der Waals surface area contributed by atoms with E-state index in [0.717, 1.165) is 29.7 Å². The highest BCUT2D eigenvalue weighted by molar-refractivity contribution is 7.80. The first kappa shape index (κ1) is 25.8. The number of hydrogen-bond acceptors (Lipinski definition) is 6. The van der Waals surface area contributed by atoms with Crippen LogP contribution in [0.3, 0.4) is 0 Å². The first-order valence-corrected chi connectivity index (χ1v) is 13.3. The number of thiophene rings is 1. The molecule has 3 aliphatic carbocycles. The Hall–Kier alpha value is -2.87. The molecule has 2 fully saturated rings. The molecule has 0 unspecified atom stereocenters. The van der Waals surface area contributed by atoms with Crippen molar-refractivity contribution in [3.05, 3.63) is 22.1 Å². The zero-order valence-corrected chi connectivity index (χ0v) is 21.6. The van der Waals surface area contributed by atoms with E-state index in [1.807, 2.05) is 0 Å². The van der Waals surface area contributed by atoms with Gasteiger partial charge in [-0.1, -0.05) is 0 Å². The van der Waals surface area contributed by atoms with Crippen LogP contribution in [0.4, 0.5) is 24.0 Å². The van der Waals surface area contributed by atoms with Gasteiger partial charge in [-0.15, -0.1) is 16.4 Å². The quantitative estimate of drug-likeness (QED) is 0.351. The predicted octanol–water partition coefficient (Wildman–Crippen LogP) is 3.36. The first-order valence-electron chi connectivity index (χ1n) is 12.1. The summed E-state index contributed by atoms with van der Waals surface area (Å²) in [4.78, 5) is 26.6. The lowest BCUT2D eigenvalue weighted by Crippen LogP contribution is -2.41. The van der Waals surface area contributed by atoms with E-state index in [0.29, 0.717) is 41.7 Å². The van der Waals surface area contributed by atoms with E-state index in [1.165, 1.54) is 22.1 Å². The van der Waals surface area contributed by atoms with Gasteiger partial charge in [0.15, 0.2) is 5.11 Å². The number of thiocarbonyl (C=S) groups is 1. The van der Waals surface area contributed by atoms with Crippen LogP contribution in [0, 0.1) is 11.8 Å². The van der Waals surface area contributed by atoms with E-state index in [9.17, 15) is 22.8 Å². The lowest BCUT2D eigenvalue weighted by Gasteiger charge is -2.25. The van der Waals surface area contributed by atoms with Gasteiger partial charge in [-0.3, -0.25) is 9.59 Å². The molecule has 2 saturated carbocycles. The molecule has 37 heavy (non-hydrogen) atoms. The molecule has 0 bridgehead atoms. The maximum atomic E-state index is 13.4. The van der Waals surface area contributed by atoms with Crippen molar-refractivity contribution >= 4 is 51.3 Å². The van der Waals surface area contributed by atoms with Gasteiger partial charge in [0.2, 0.25) is 11.8 Å². The molecule has 14 heteroatoms. The molecule has 0 aliphatic heterocycles. The second kappa shape index (κ2) is 10.5. The number of fused-ring (bicyclic) bond motifs is 1. The summed E-state index contributed by atoms with van der Waals surface area (Å²) in [5.41, 5.74) is 1.29. The molecule has 3 aliphatic rings. The summed E-state index contributed by atoms with van der Waals surface area (Å²) in [6.45, 7) is -2.40. The number of aromatic nitrogens is 2. The molecule has 5 rings (SSSR count). The number of hydrogen-bond donors (Lipinski definition) is 4. The zero-order chi connectivity index (χ0) is 26.3. The summed E-state index contributed by atoms with van der Waals surface area (Å²) < 4.78 is 44.0. The lowest BCUT2D eigenvalue weighted by molar-refractivity contribution is -0.117. The molecule has 3 atom stereocenters. The third-order valence-corrected chi connectivity index (χ3v) is 8.09. The van der Waals surface area contributed by atoms with Crippen LogP contribution in [-0.2, 0) is 24.7 Å². The smallest absolute Gasteiger partial charge is 0.388 e. The second-order valence-corrected chi connectivity index (χ2v) is 11.1. The fraction of sp³-hybridized carbons (Fsp3) is 0.565. The highest BCUT2D eigenvalue weighted by atomic mass is 32.1. The van der Waals surface area contributed by atoms with Gasteiger partial charge in [0.1, 0.15) is 17.0 Å². The van der Waals surface area contributed by atoms with Crippen molar-refractivity contribution in [3.8, 4) is 5.88 Å². The van der Waals surface area contributed by atoms with Crippen LogP contribution in [0.1, 0.15) is 46.5 Å². The number of ether oxygens (including phenoxy) is 1. The maximum Gasteiger partial charge on any atom is 0.388 e. The van der Waals surface area contributed by atoms with Gasteiger partial charge in [-0.05, 0) is 62.2 Å². The molecular formula is C23H27F3N6O3S2. The Morgan fingerprint density at radius 2 is 2.05 bits per heavy atom. The Labute approximate surface area is 220 Å². The van der Waals surface area contributed by atoms with Crippen LogP contribution in [0.5, 0.6) is 5.88 Å². The molecule has 2 aromatic rings. The monoisotopic (exact) mass is 556 g/mol. The molecule has 200 valence electrons. The Bertz CT molecular complexity index is 1210. The molecule has 2 heterocycles. The Balaban J connectivity index is 1.27. The third kappa shape index (κ3) is 6.17. The van der Waals surface area contributed by atoms with Gasteiger partial charge in [0.05, 0.1) is 11.5 Å². The van der Waals surface area contributed by atoms with Crippen molar-refractivity contribution in [2.24, 2.45) is 18.9 Å². The number of halogens is 3. The number of rotatable bonds is 9. The number of carbonyl (C=O) groups excluding carboxylic acids is 2. The average molecular weight is 557 g/mol. The fourth-order valence-electron chi connectivity index (χ4n) is 4.37. The highest BCUT2D eigenvalue weighted by Gasteiger charge is 2.44. The van der Waals surface area contributed by atoms with Crippen molar-refractivity contribution in [3.63, 3.8) is 0 Å². The summed E-state index contributed by atoms with van der Waals surface area (Å²) >= 11 is 6.79. The Morgan fingerprint density at radius 3 is 2.73 bits per heavy atom. The van der Waals surface area contributed by atoms with Gasteiger partial charge in [-0.2, -0.15) is 8.78 Å². The zero-order valence-electron chi connectivity index (χ0n) is 20.0. The summed E-state index contributed by atoms with van der Waals surface area (Å²) in [5, 5.41) is 16.5. The Kier molecular flexibility index (Phi) is 7.30. The van der Waals surface area contributed by atoms with Crippen molar-refractivity contribution < 1.29 is 27.5 Å². The van der Waals surface area contributed by atoms with E-state index >= 15 is 0 Å². The molecule has 4 N–H and O–H groups in total. The summed E-state index contributed by atoms with van der Waals surface area (Å²) in [6, 6.07) is 1.21. The molecule has 0 aromatic carbocycles. The molecule has 2 amide bonds. The van der Waals surface area contributed by atoms with Gasteiger partial charge >= 0.3 is 6.61 Å². The minimum absolute atomic E-state index is 0.107. The molecule has 2 aromatic heterocycles. The number of carbonyl (C=O) groups is 2. The number of alkyl halides is 3. The summed E-state index contributed by atoms with van der Waals surface area (Å²) in [7, 11) is 1.57. The van der Waals surface area contributed by atoms with Crippen LogP contribution in [-0.4, -0.2) is 52.1 Å². The molecule has 0 radical (unpaired) electrons. The summed E-state index contributed by atoms with van der Waals surface area (Å²) in [5.74, 6) is -0.657. The second-order valence-electron chi connectivity index (χ2n) is 9.62. The molecule has 9 nitrogen and oxygen atoms in total. The van der Waals surface area contributed by atoms with Crippen LogP contribution in [0.25, 0.3) is 0 Å². The number of aryl methyl sites for hydroxylation is 2. The van der Waals surface area contributed by atoms with Crippen LogP contribution >= 0.6 is 23.6 Å². The van der Waals surface area contributed by atoms with E-state index in [-0.39, 0.29) is 29.4 Å². The van der Waals surface area contributed by atoms with Crippen LogP contribution in [0.15, 0.2) is 6.07 Å². The predicted molar refractivity (Wildman–Crippen MR) is 136 cm³/mol. The number of nitrogens with one attached hydrogen (secondary N) is 4. The topological polar surface area (TPSA) is 109 Å². The van der Waals surface area contributed by atoms with Gasteiger partial charge in [-0.25, -0.2) is 9.07 Å². The fourth-order valence-corrected chi connectivity index (χ4v) is 5.88. The van der Waals surface area contributed by atoms with Gasteiger partial charge < -0.3 is 26.0 Å². The largest absolute Gasteiger partial charge is 0.415 e. The van der Waals surface area contributed by atoms with E-state index in [1.54, 1.807) is 7.05 Å². The SMILES string of the molecule is Cn1nc(OC(F)F)cc1NC(=S)N[C@H]1CCc2sc(NC(=O)[C@@H]3C[C@@H]3F)c(C(=O)NCC3CC3)c2C1. The Morgan fingerprint density at radius 1 is 1.30 bits per heavy atom. The van der Waals surface area contributed by atoms with E-state index in [4.69, 9.17) is 12.2 Å². The van der Waals surface area contributed by atoms with Crippen LogP contribution in [0.2, 0.25) is 0 Å². The minimum Gasteiger partial charge on any atom is -0.415 e. The van der Waals surface area contributed by atoms with Crippen molar-refractivity contribution in [1.29, 1.82) is 0 Å². The highest BCUT2D eigenvalue weighted by Crippen LogP contribution is 2.41. The van der Waals surface area contributed by atoms with Gasteiger partial charge in [0, 0.05) is 30.6 Å². The normalized spacial score (nSPS) is 22.2. The van der Waals surface area contributed by atoms with Crippen molar-refractivity contribution in [1.82, 2.24) is 20.4 Å². The maximum absolute atomic E-state index is 13.4. The van der Waals surface area contributed by atoms with Crippen molar-refractivity contribution in [2.45, 2.75) is 57.3 Å². The van der Waals surface area contributed by atoms with Crippen molar-refractivity contribution in [2.75, 3.05) is 17.2 Å². The number of amides is 2. The molecule has 0 saturated heterocycles. The van der Waals surface area contributed by atoms with Crippen LogP contribution < -0.4 is 26.0 Å². The minimum atomic E-state index is -2.98. The number of nitrogens with zero attached hydrogens (tertiary/aromatic N) is 2. The average Bonchev–Trinajstić information content (AvgIpc) is 3.73. The van der Waals surface area contributed by atoms with Gasteiger partial charge in [0.25, 0.3) is 5.91 Å².